The molecule has 0 bridgehead atoms. The van der Waals surface area contributed by atoms with Crippen molar-refractivity contribution in [2.45, 2.75) is 52.2 Å². The van der Waals surface area contributed by atoms with Crippen molar-refractivity contribution in [3.05, 3.63) is 64.1 Å². The van der Waals surface area contributed by atoms with Crippen molar-refractivity contribution >= 4 is 16.9 Å². The quantitative estimate of drug-likeness (QED) is 0.686. The number of aryl methyl sites for hydroxylation is 1. The van der Waals surface area contributed by atoms with Gasteiger partial charge in [0.25, 0.3) is 12.0 Å². The average molecular weight is 402 g/mol. The summed E-state index contributed by atoms with van der Waals surface area (Å²) < 4.78 is 29.8. The van der Waals surface area contributed by atoms with E-state index in [1.54, 1.807) is 0 Å². The maximum atomic E-state index is 13.5. The van der Waals surface area contributed by atoms with Crippen molar-refractivity contribution in [2.75, 3.05) is 0 Å². The summed E-state index contributed by atoms with van der Waals surface area (Å²) in [7, 11) is 0. The van der Waals surface area contributed by atoms with E-state index in [1.165, 1.54) is 15.4 Å². The summed E-state index contributed by atoms with van der Waals surface area (Å²) in [4.78, 5) is 24.6. The number of pyridine rings is 1. The minimum Gasteiger partial charge on any atom is -0.351 e. The number of amides is 1. The van der Waals surface area contributed by atoms with Crippen LogP contribution in [0.15, 0.2) is 47.4 Å². The van der Waals surface area contributed by atoms with Crippen molar-refractivity contribution in [2.24, 2.45) is 0 Å². The second-order valence-electron chi connectivity index (χ2n) is 7.99. The Labute approximate surface area is 167 Å². The van der Waals surface area contributed by atoms with Crippen LogP contribution in [-0.4, -0.2) is 25.8 Å². The van der Waals surface area contributed by atoms with Gasteiger partial charge in [-0.3, -0.25) is 18.8 Å². The Bertz CT molecular complexity index is 1070. The van der Waals surface area contributed by atoms with Gasteiger partial charge in [0.1, 0.15) is 0 Å². The second-order valence-corrected chi connectivity index (χ2v) is 7.99. The number of carbonyl (C=O) groups is 1. The van der Waals surface area contributed by atoms with E-state index >= 15 is 0 Å². The molecule has 1 aromatic carbocycles. The highest BCUT2D eigenvalue weighted by Gasteiger charge is 2.20. The third kappa shape index (κ3) is 5.07. The van der Waals surface area contributed by atoms with Crippen molar-refractivity contribution in [3.63, 3.8) is 0 Å². The number of benzene rings is 1. The zero-order valence-electron chi connectivity index (χ0n) is 16.7. The van der Waals surface area contributed by atoms with Gasteiger partial charge in [-0.25, -0.2) is 8.78 Å². The van der Waals surface area contributed by atoms with Crippen molar-refractivity contribution in [1.82, 2.24) is 19.7 Å². The number of hydrogen-bond donors (Lipinski definition) is 1. The Morgan fingerprint density at radius 1 is 1.21 bits per heavy atom. The van der Waals surface area contributed by atoms with Crippen LogP contribution in [0, 0.1) is 0 Å². The fourth-order valence-electron chi connectivity index (χ4n) is 3.15. The summed E-state index contributed by atoms with van der Waals surface area (Å²) in [5, 5.41) is 7.42. The van der Waals surface area contributed by atoms with Crippen LogP contribution in [0.2, 0.25) is 0 Å². The topological polar surface area (TPSA) is 68.9 Å². The van der Waals surface area contributed by atoms with E-state index in [1.807, 2.05) is 51.1 Å². The first-order valence-corrected chi connectivity index (χ1v) is 9.38. The van der Waals surface area contributed by atoms with E-state index < -0.39 is 17.5 Å². The minimum atomic E-state index is -2.79. The van der Waals surface area contributed by atoms with E-state index in [2.05, 4.69) is 10.4 Å². The largest absolute Gasteiger partial charge is 0.351 e. The summed E-state index contributed by atoms with van der Waals surface area (Å²) in [5.41, 5.74) is -0.223. The van der Waals surface area contributed by atoms with Gasteiger partial charge in [0.05, 0.1) is 6.54 Å². The molecule has 0 unspecified atom stereocenters. The zero-order valence-corrected chi connectivity index (χ0v) is 16.7. The van der Waals surface area contributed by atoms with E-state index in [0.717, 1.165) is 11.6 Å². The molecule has 6 nitrogen and oxygen atoms in total. The van der Waals surface area contributed by atoms with Crippen LogP contribution < -0.4 is 10.9 Å². The van der Waals surface area contributed by atoms with Gasteiger partial charge in [-0.15, -0.1) is 0 Å². The molecule has 2 heterocycles. The van der Waals surface area contributed by atoms with Gasteiger partial charge in [-0.05, 0) is 26.3 Å². The second kappa shape index (κ2) is 8.14. The Morgan fingerprint density at radius 3 is 2.52 bits per heavy atom. The lowest BCUT2D eigenvalue weighted by Gasteiger charge is -2.20. The molecule has 0 aliphatic rings. The number of hydrogen-bond acceptors (Lipinski definition) is 3. The van der Waals surface area contributed by atoms with Gasteiger partial charge in [0.2, 0.25) is 5.91 Å². The van der Waals surface area contributed by atoms with Crippen molar-refractivity contribution in [1.29, 1.82) is 0 Å². The summed E-state index contributed by atoms with van der Waals surface area (Å²) in [6, 6.07) is 10.4. The smallest absolute Gasteiger partial charge is 0.264 e. The highest BCUT2D eigenvalue weighted by atomic mass is 19.3. The molecular formula is C21H24F2N4O2. The van der Waals surface area contributed by atoms with Crippen molar-refractivity contribution in [3.8, 4) is 0 Å². The van der Waals surface area contributed by atoms with Gasteiger partial charge in [-0.2, -0.15) is 5.10 Å². The number of carbonyl (C=O) groups excluding carboxylic acids is 1. The lowest BCUT2D eigenvalue weighted by atomic mass is 10.1. The zero-order chi connectivity index (χ0) is 21.2. The maximum absolute atomic E-state index is 13.5. The molecule has 29 heavy (non-hydrogen) atoms. The molecule has 8 heteroatoms. The summed E-state index contributed by atoms with van der Waals surface area (Å²) in [6.45, 7) is 6.02. The summed E-state index contributed by atoms with van der Waals surface area (Å²) >= 11 is 0. The van der Waals surface area contributed by atoms with Gasteiger partial charge in [-0.1, -0.05) is 30.3 Å². The predicted molar refractivity (Wildman–Crippen MR) is 107 cm³/mol. The predicted octanol–water partition coefficient (Wildman–Crippen LogP) is 3.49. The Morgan fingerprint density at radius 2 is 1.90 bits per heavy atom. The third-order valence-electron chi connectivity index (χ3n) is 4.35. The molecule has 0 saturated carbocycles. The number of fused-ring (bicyclic) bond motifs is 1. The first-order chi connectivity index (χ1) is 13.6. The van der Waals surface area contributed by atoms with E-state index in [-0.39, 0.29) is 35.5 Å². The van der Waals surface area contributed by atoms with Gasteiger partial charge >= 0.3 is 0 Å². The lowest BCUT2D eigenvalue weighted by molar-refractivity contribution is -0.122. The van der Waals surface area contributed by atoms with E-state index in [4.69, 9.17) is 0 Å². The van der Waals surface area contributed by atoms with Crippen LogP contribution >= 0.6 is 0 Å². The molecule has 0 fully saturated rings. The Hall–Kier alpha value is -3.03. The number of rotatable bonds is 6. The molecular weight excluding hydrogens is 378 g/mol. The number of nitrogens with zero attached hydrogens (tertiary/aromatic N) is 3. The minimum absolute atomic E-state index is 0.0475. The van der Waals surface area contributed by atoms with Crippen LogP contribution in [0.1, 0.15) is 44.7 Å². The number of aromatic nitrogens is 3. The van der Waals surface area contributed by atoms with Gasteiger partial charge in [0.15, 0.2) is 5.65 Å². The molecule has 3 rings (SSSR count). The molecule has 1 N–H and O–H groups in total. The first-order valence-electron chi connectivity index (χ1n) is 9.38. The molecule has 154 valence electrons. The van der Waals surface area contributed by atoms with E-state index in [0.29, 0.717) is 6.54 Å². The standard InChI is InChI=1S/C21H24F2N4O2/c1-21(2,3)24-17(28)9-10-27-18(29)11-15(19(22)23)16-13-26(25-20(16)27)12-14-7-5-4-6-8-14/h4-8,11,13,19H,9-10,12H2,1-3H3,(H,24,28). The van der Waals surface area contributed by atoms with Crippen LogP contribution in [0.4, 0.5) is 8.78 Å². The Kier molecular flexibility index (Phi) is 5.81. The molecule has 3 aromatic rings. The number of alkyl halides is 2. The molecule has 0 spiro atoms. The lowest BCUT2D eigenvalue weighted by Crippen LogP contribution is -2.41. The molecule has 0 aliphatic heterocycles. The van der Waals surface area contributed by atoms with Crippen LogP contribution in [0.3, 0.4) is 0 Å². The van der Waals surface area contributed by atoms with Gasteiger partial charge < -0.3 is 5.32 Å². The highest BCUT2D eigenvalue weighted by Crippen LogP contribution is 2.26. The van der Waals surface area contributed by atoms with Crippen LogP contribution in [0.25, 0.3) is 11.0 Å². The molecule has 0 atom stereocenters. The highest BCUT2D eigenvalue weighted by molar-refractivity contribution is 5.80. The first kappa shape index (κ1) is 20.7. The van der Waals surface area contributed by atoms with Crippen molar-refractivity contribution < 1.29 is 13.6 Å². The SMILES string of the molecule is CC(C)(C)NC(=O)CCn1c(=O)cc(C(F)F)c2cn(Cc3ccccc3)nc21. The molecule has 1 amide bonds. The van der Waals surface area contributed by atoms with Gasteiger partial charge in [0, 0.05) is 41.7 Å². The summed E-state index contributed by atoms with van der Waals surface area (Å²) in [6.07, 6.45) is -1.22. The monoisotopic (exact) mass is 402 g/mol. The average Bonchev–Trinajstić information content (AvgIpc) is 3.02. The molecule has 0 radical (unpaired) electrons. The van der Waals surface area contributed by atoms with Crippen LogP contribution in [0.5, 0.6) is 0 Å². The van der Waals surface area contributed by atoms with E-state index in [9.17, 15) is 18.4 Å². The molecule has 0 aliphatic carbocycles. The fourth-order valence-corrected chi connectivity index (χ4v) is 3.15. The normalized spacial score (nSPS) is 11.9. The molecule has 0 saturated heterocycles. The fraction of sp³-hybridized carbons (Fsp3) is 0.381. The third-order valence-corrected chi connectivity index (χ3v) is 4.35. The van der Waals surface area contributed by atoms with Crippen LogP contribution in [-0.2, 0) is 17.9 Å². The number of halogens is 2. The summed E-state index contributed by atoms with van der Waals surface area (Å²) in [5.74, 6) is -0.223. The Balaban J connectivity index is 1.96. The molecule has 2 aromatic heterocycles. The maximum Gasteiger partial charge on any atom is 0.264 e. The number of nitrogens with one attached hydrogen (secondary N) is 1.